The standard InChI is InChI=1S/C19H20N2O3S/c1-20(16-10-6-3-7-11-16)12-13-24-18(15-8-4-2-5-9-15)21-17(22)14-25-19(21)23/h2-11,14,18,22H,12-13H2,1H3. The van der Waals surface area contributed by atoms with Gasteiger partial charge in [-0.25, -0.2) is 4.57 Å². The summed E-state index contributed by atoms with van der Waals surface area (Å²) in [6, 6.07) is 19.5. The van der Waals surface area contributed by atoms with Crippen LogP contribution in [-0.2, 0) is 4.74 Å². The Kier molecular flexibility index (Phi) is 5.53. The van der Waals surface area contributed by atoms with Crippen LogP contribution in [0.1, 0.15) is 11.8 Å². The van der Waals surface area contributed by atoms with Crippen molar-refractivity contribution >= 4 is 17.0 Å². The van der Waals surface area contributed by atoms with Crippen molar-refractivity contribution in [3.05, 3.63) is 81.3 Å². The number of nitrogens with zero attached hydrogens (tertiary/aromatic N) is 2. The van der Waals surface area contributed by atoms with Crippen LogP contribution in [0.15, 0.2) is 70.8 Å². The van der Waals surface area contributed by atoms with Crippen LogP contribution < -0.4 is 9.77 Å². The third-order valence-corrected chi connectivity index (χ3v) is 4.65. The molecule has 25 heavy (non-hydrogen) atoms. The predicted molar refractivity (Wildman–Crippen MR) is 100 cm³/mol. The monoisotopic (exact) mass is 356 g/mol. The number of hydrogen-bond acceptors (Lipinski definition) is 5. The molecule has 5 nitrogen and oxygen atoms in total. The maximum absolute atomic E-state index is 12.1. The predicted octanol–water partition coefficient (Wildman–Crippen LogP) is 3.32. The fraction of sp³-hybridized carbons (Fsp3) is 0.211. The lowest BCUT2D eigenvalue weighted by molar-refractivity contribution is 0.0307. The summed E-state index contributed by atoms with van der Waals surface area (Å²) in [5.41, 5.74) is 1.92. The van der Waals surface area contributed by atoms with E-state index in [0.717, 1.165) is 22.6 Å². The lowest BCUT2D eigenvalue weighted by Crippen LogP contribution is -2.27. The van der Waals surface area contributed by atoms with Crippen molar-refractivity contribution < 1.29 is 9.84 Å². The van der Waals surface area contributed by atoms with E-state index in [4.69, 9.17) is 4.74 Å². The quantitative estimate of drug-likeness (QED) is 0.706. The van der Waals surface area contributed by atoms with Crippen molar-refractivity contribution in [2.45, 2.75) is 6.23 Å². The van der Waals surface area contributed by atoms with Crippen LogP contribution in [0.25, 0.3) is 0 Å². The van der Waals surface area contributed by atoms with E-state index in [-0.39, 0.29) is 10.8 Å². The molecular formula is C19H20N2O3S. The summed E-state index contributed by atoms with van der Waals surface area (Å²) in [4.78, 5) is 13.9. The van der Waals surface area contributed by atoms with E-state index >= 15 is 0 Å². The molecule has 0 aliphatic rings. The summed E-state index contributed by atoms with van der Waals surface area (Å²) >= 11 is 0.958. The first-order valence-electron chi connectivity index (χ1n) is 7.98. The minimum Gasteiger partial charge on any atom is -0.494 e. The number of ether oxygens (including phenoxy) is 1. The third kappa shape index (κ3) is 4.10. The number of likely N-dealkylation sites (N-methyl/N-ethyl adjacent to an activating group) is 1. The Balaban J connectivity index is 1.74. The summed E-state index contributed by atoms with van der Waals surface area (Å²) in [7, 11) is 1.99. The highest BCUT2D eigenvalue weighted by Crippen LogP contribution is 2.24. The van der Waals surface area contributed by atoms with E-state index in [1.165, 1.54) is 9.95 Å². The zero-order valence-corrected chi connectivity index (χ0v) is 14.7. The van der Waals surface area contributed by atoms with Crippen molar-refractivity contribution in [3.63, 3.8) is 0 Å². The van der Waals surface area contributed by atoms with Crippen molar-refractivity contribution in [1.82, 2.24) is 4.57 Å². The normalized spacial score (nSPS) is 12.0. The van der Waals surface area contributed by atoms with Crippen LogP contribution in [0.2, 0.25) is 0 Å². The lowest BCUT2D eigenvalue weighted by atomic mass is 10.2. The number of thiazole rings is 1. The van der Waals surface area contributed by atoms with Gasteiger partial charge >= 0.3 is 4.87 Å². The molecule has 0 bridgehead atoms. The van der Waals surface area contributed by atoms with Gasteiger partial charge in [0.1, 0.15) is 0 Å². The van der Waals surface area contributed by atoms with Gasteiger partial charge in [0.05, 0.1) is 12.0 Å². The number of aromatic hydroxyl groups is 1. The zero-order valence-electron chi connectivity index (χ0n) is 13.9. The van der Waals surface area contributed by atoms with E-state index in [1.54, 1.807) is 0 Å². The van der Waals surface area contributed by atoms with Gasteiger partial charge in [-0.3, -0.25) is 4.79 Å². The van der Waals surface area contributed by atoms with Gasteiger partial charge in [-0.05, 0) is 12.1 Å². The summed E-state index contributed by atoms with van der Waals surface area (Å²) in [5.74, 6) is -0.0831. The number of hydrogen-bond donors (Lipinski definition) is 1. The van der Waals surface area contributed by atoms with Gasteiger partial charge in [0.15, 0.2) is 6.23 Å². The highest BCUT2D eigenvalue weighted by atomic mass is 32.1. The molecule has 0 fully saturated rings. The largest absolute Gasteiger partial charge is 0.494 e. The smallest absolute Gasteiger partial charge is 0.312 e. The SMILES string of the molecule is CN(CCOC(c1ccccc1)n1c(O)csc1=O)c1ccccc1. The number of aromatic nitrogens is 1. The molecule has 0 saturated heterocycles. The van der Waals surface area contributed by atoms with Crippen LogP contribution >= 0.6 is 11.3 Å². The Morgan fingerprint density at radius 3 is 2.36 bits per heavy atom. The fourth-order valence-electron chi connectivity index (χ4n) is 2.58. The molecular weight excluding hydrogens is 336 g/mol. The van der Waals surface area contributed by atoms with Gasteiger partial charge in [0.25, 0.3) is 0 Å². The molecule has 1 atom stereocenters. The third-order valence-electron chi connectivity index (χ3n) is 3.93. The molecule has 0 amide bonds. The second kappa shape index (κ2) is 8.00. The zero-order chi connectivity index (χ0) is 17.6. The van der Waals surface area contributed by atoms with Crippen molar-refractivity contribution in [2.75, 3.05) is 25.1 Å². The first kappa shape index (κ1) is 17.3. The van der Waals surface area contributed by atoms with E-state index in [2.05, 4.69) is 4.90 Å². The fourth-order valence-corrected chi connectivity index (χ4v) is 3.20. The molecule has 1 heterocycles. The minimum absolute atomic E-state index is 0.0831. The number of benzene rings is 2. The number of rotatable bonds is 7. The summed E-state index contributed by atoms with van der Waals surface area (Å²) in [6.07, 6.45) is -0.649. The average molecular weight is 356 g/mol. The second-order valence-corrected chi connectivity index (χ2v) is 6.44. The molecule has 0 aliphatic heterocycles. The number of para-hydroxylation sites is 1. The van der Waals surface area contributed by atoms with Crippen LogP contribution in [0.5, 0.6) is 5.88 Å². The maximum atomic E-state index is 12.1. The Labute approximate surface area is 150 Å². The highest BCUT2D eigenvalue weighted by molar-refractivity contribution is 7.07. The molecule has 1 unspecified atom stereocenters. The molecule has 2 aromatic carbocycles. The first-order chi connectivity index (χ1) is 12.2. The van der Waals surface area contributed by atoms with Gasteiger partial charge in [-0.2, -0.15) is 0 Å². The molecule has 0 saturated carbocycles. The Morgan fingerprint density at radius 2 is 1.76 bits per heavy atom. The van der Waals surface area contributed by atoms with Crippen LogP contribution in [0.4, 0.5) is 5.69 Å². The van der Waals surface area contributed by atoms with Crippen molar-refractivity contribution in [3.8, 4) is 5.88 Å². The van der Waals surface area contributed by atoms with Gasteiger partial charge in [0.2, 0.25) is 5.88 Å². The summed E-state index contributed by atoms with van der Waals surface area (Å²) in [5, 5.41) is 11.5. The number of anilines is 1. The Morgan fingerprint density at radius 1 is 1.12 bits per heavy atom. The van der Waals surface area contributed by atoms with Crippen LogP contribution in [0.3, 0.4) is 0 Å². The molecule has 6 heteroatoms. The van der Waals surface area contributed by atoms with E-state index in [1.807, 2.05) is 67.7 Å². The molecule has 0 spiro atoms. The summed E-state index contributed by atoms with van der Waals surface area (Å²) < 4.78 is 7.27. The van der Waals surface area contributed by atoms with Gasteiger partial charge in [-0.15, -0.1) is 0 Å². The molecule has 1 N–H and O–H groups in total. The topological polar surface area (TPSA) is 54.7 Å². The van der Waals surface area contributed by atoms with E-state index < -0.39 is 6.23 Å². The lowest BCUT2D eigenvalue weighted by Gasteiger charge is -2.23. The molecule has 0 radical (unpaired) electrons. The molecule has 1 aromatic heterocycles. The molecule has 0 aliphatic carbocycles. The van der Waals surface area contributed by atoms with Crippen molar-refractivity contribution in [2.24, 2.45) is 0 Å². The van der Waals surface area contributed by atoms with Crippen LogP contribution in [-0.4, -0.2) is 29.9 Å². The van der Waals surface area contributed by atoms with Gasteiger partial charge < -0.3 is 14.7 Å². The Hall–Kier alpha value is -2.57. The van der Waals surface area contributed by atoms with Crippen molar-refractivity contribution in [1.29, 1.82) is 0 Å². The molecule has 3 rings (SSSR count). The highest BCUT2D eigenvalue weighted by Gasteiger charge is 2.20. The van der Waals surface area contributed by atoms with Crippen LogP contribution in [0, 0.1) is 0 Å². The van der Waals surface area contributed by atoms with E-state index in [0.29, 0.717) is 13.2 Å². The minimum atomic E-state index is -0.649. The molecule has 130 valence electrons. The Bertz CT molecular complexity index is 846. The molecule has 3 aromatic rings. The maximum Gasteiger partial charge on any atom is 0.312 e. The summed E-state index contributed by atoms with van der Waals surface area (Å²) in [6.45, 7) is 1.07. The van der Waals surface area contributed by atoms with Gasteiger partial charge in [0, 0.05) is 24.8 Å². The average Bonchev–Trinajstić information content (AvgIpc) is 2.99. The second-order valence-electron chi connectivity index (χ2n) is 5.62. The van der Waals surface area contributed by atoms with E-state index in [9.17, 15) is 9.90 Å². The van der Waals surface area contributed by atoms with Gasteiger partial charge in [-0.1, -0.05) is 59.9 Å². The first-order valence-corrected chi connectivity index (χ1v) is 8.86.